The summed E-state index contributed by atoms with van der Waals surface area (Å²) < 4.78 is 5.53. The van der Waals surface area contributed by atoms with Crippen molar-refractivity contribution in [2.75, 3.05) is 11.9 Å². The van der Waals surface area contributed by atoms with Crippen molar-refractivity contribution in [3.63, 3.8) is 0 Å². The van der Waals surface area contributed by atoms with Gasteiger partial charge in [-0.1, -0.05) is 6.92 Å². The Morgan fingerprint density at radius 2 is 2.38 bits per heavy atom. The number of aromatic nitrogens is 1. The summed E-state index contributed by atoms with van der Waals surface area (Å²) >= 11 is 0. The number of benzene rings is 1. The number of hydrogen-bond donors (Lipinski definition) is 2. The first-order chi connectivity index (χ1) is 10.2. The van der Waals surface area contributed by atoms with Crippen molar-refractivity contribution in [3.8, 4) is 0 Å². The van der Waals surface area contributed by atoms with Crippen LogP contribution in [0.3, 0.4) is 0 Å². The molecule has 110 valence electrons. The molecule has 1 aromatic heterocycles. The molecule has 1 aliphatic rings. The summed E-state index contributed by atoms with van der Waals surface area (Å²) in [5, 5.41) is 5.59. The lowest BCUT2D eigenvalue weighted by molar-refractivity contribution is -0.126. The van der Waals surface area contributed by atoms with Gasteiger partial charge in [-0.15, -0.1) is 0 Å². The average molecular weight is 287 g/mol. The molecule has 2 aromatic rings. The maximum absolute atomic E-state index is 12.2. The lowest BCUT2D eigenvalue weighted by atomic mass is 9.98. The standard InChI is InChI=1S/C15H17N3O3/c1-2-14-18-11-7-10(4-5-12(11)21-14)17-15(20)9-3-6-13(19)16-8-9/h4-5,7,9H,2-3,6,8H2,1H3,(H,16,19)(H,17,20). The van der Waals surface area contributed by atoms with Gasteiger partial charge in [0.25, 0.3) is 0 Å². The van der Waals surface area contributed by atoms with Crippen LogP contribution in [-0.2, 0) is 16.0 Å². The monoisotopic (exact) mass is 287 g/mol. The maximum Gasteiger partial charge on any atom is 0.229 e. The highest BCUT2D eigenvalue weighted by molar-refractivity contribution is 5.95. The second-order valence-corrected chi connectivity index (χ2v) is 5.17. The molecule has 0 aliphatic carbocycles. The zero-order chi connectivity index (χ0) is 14.8. The molecule has 6 heteroatoms. The van der Waals surface area contributed by atoms with Gasteiger partial charge in [-0.2, -0.15) is 0 Å². The molecular formula is C15H17N3O3. The van der Waals surface area contributed by atoms with E-state index in [2.05, 4.69) is 15.6 Å². The zero-order valence-electron chi connectivity index (χ0n) is 11.8. The van der Waals surface area contributed by atoms with Crippen molar-refractivity contribution in [1.82, 2.24) is 10.3 Å². The summed E-state index contributed by atoms with van der Waals surface area (Å²) in [6.45, 7) is 2.38. The zero-order valence-corrected chi connectivity index (χ0v) is 11.8. The number of rotatable bonds is 3. The molecule has 2 N–H and O–H groups in total. The molecule has 1 unspecified atom stereocenters. The van der Waals surface area contributed by atoms with Crippen molar-refractivity contribution >= 4 is 28.6 Å². The van der Waals surface area contributed by atoms with Gasteiger partial charge in [-0.05, 0) is 24.6 Å². The SMILES string of the molecule is CCc1nc2cc(NC(=O)C3CCC(=O)NC3)ccc2o1. The van der Waals surface area contributed by atoms with E-state index in [1.807, 2.05) is 6.92 Å². The van der Waals surface area contributed by atoms with Gasteiger partial charge in [0.15, 0.2) is 11.5 Å². The largest absolute Gasteiger partial charge is 0.441 e. The number of oxazole rings is 1. The summed E-state index contributed by atoms with van der Waals surface area (Å²) in [4.78, 5) is 27.6. The van der Waals surface area contributed by atoms with Crippen molar-refractivity contribution in [2.24, 2.45) is 5.92 Å². The summed E-state index contributed by atoms with van der Waals surface area (Å²) in [6, 6.07) is 5.41. The minimum absolute atomic E-state index is 0.00941. The van der Waals surface area contributed by atoms with E-state index in [0.717, 1.165) is 17.5 Å². The highest BCUT2D eigenvalue weighted by Crippen LogP contribution is 2.21. The fraction of sp³-hybridized carbons (Fsp3) is 0.400. The van der Waals surface area contributed by atoms with E-state index in [0.29, 0.717) is 31.0 Å². The van der Waals surface area contributed by atoms with Crippen LogP contribution in [0.15, 0.2) is 22.6 Å². The highest BCUT2D eigenvalue weighted by Gasteiger charge is 2.24. The van der Waals surface area contributed by atoms with Crippen LogP contribution >= 0.6 is 0 Å². The first kappa shape index (κ1) is 13.6. The summed E-state index contributed by atoms with van der Waals surface area (Å²) in [5.41, 5.74) is 2.15. The molecule has 21 heavy (non-hydrogen) atoms. The topological polar surface area (TPSA) is 84.2 Å². The Bertz CT molecular complexity index is 683. The predicted octanol–water partition coefficient (Wildman–Crippen LogP) is 1.85. The van der Waals surface area contributed by atoms with Crippen LogP contribution in [0.25, 0.3) is 11.1 Å². The molecule has 1 aliphatic heterocycles. The van der Waals surface area contributed by atoms with Crippen LogP contribution in [0.4, 0.5) is 5.69 Å². The minimum atomic E-state index is -0.179. The fourth-order valence-corrected chi connectivity index (χ4v) is 2.41. The molecule has 1 atom stereocenters. The number of fused-ring (bicyclic) bond motifs is 1. The molecule has 0 bridgehead atoms. The Morgan fingerprint density at radius 1 is 1.52 bits per heavy atom. The molecule has 2 heterocycles. The van der Waals surface area contributed by atoms with Gasteiger partial charge in [0, 0.05) is 25.1 Å². The molecule has 0 radical (unpaired) electrons. The third kappa shape index (κ3) is 2.89. The molecule has 3 rings (SSSR count). The lowest BCUT2D eigenvalue weighted by Crippen LogP contribution is -2.40. The van der Waals surface area contributed by atoms with E-state index >= 15 is 0 Å². The van der Waals surface area contributed by atoms with Crippen LogP contribution in [-0.4, -0.2) is 23.3 Å². The molecular weight excluding hydrogens is 270 g/mol. The van der Waals surface area contributed by atoms with E-state index in [4.69, 9.17) is 4.42 Å². The van der Waals surface area contributed by atoms with Gasteiger partial charge in [0.05, 0.1) is 5.92 Å². The van der Waals surface area contributed by atoms with E-state index in [9.17, 15) is 9.59 Å². The van der Waals surface area contributed by atoms with Gasteiger partial charge in [-0.3, -0.25) is 9.59 Å². The average Bonchev–Trinajstić information content (AvgIpc) is 2.90. The van der Waals surface area contributed by atoms with Crippen molar-refractivity contribution in [1.29, 1.82) is 0 Å². The molecule has 1 saturated heterocycles. The molecule has 2 amide bonds. The van der Waals surface area contributed by atoms with Gasteiger partial charge in [-0.25, -0.2) is 4.98 Å². The second kappa shape index (κ2) is 5.55. The Balaban J connectivity index is 1.72. The molecule has 6 nitrogen and oxygen atoms in total. The third-order valence-electron chi connectivity index (χ3n) is 3.64. The summed E-state index contributed by atoms with van der Waals surface area (Å²) in [7, 11) is 0. The van der Waals surface area contributed by atoms with Gasteiger partial charge >= 0.3 is 0 Å². The number of nitrogens with zero attached hydrogens (tertiary/aromatic N) is 1. The highest BCUT2D eigenvalue weighted by atomic mass is 16.3. The smallest absolute Gasteiger partial charge is 0.229 e. The van der Waals surface area contributed by atoms with E-state index in [-0.39, 0.29) is 17.7 Å². The van der Waals surface area contributed by atoms with Crippen molar-refractivity contribution in [3.05, 3.63) is 24.1 Å². The quantitative estimate of drug-likeness (QED) is 0.902. The number of piperidine rings is 1. The van der Waals surface area contributed by atoms with Gasteiger partial charge in [0.2, 0.25) is 11.8 Å². The summed E-state index contributed by atoms with van der Waals surface area (Å²) in [5.74, 6) is 0.439. The maximum atomic E-state index is 12.2. The van der Waals surface area contributed by atoms with Crippen LogP contribution in [0, 0.1) is 5.92 Å². The molecule has 1 aromatic carbocycles. The Morgan fingerprint density at radius 3 is 3.10 bits per heavy atom. The molecule has 0 saturated carbocycles. The molecule has 0 spiro atoms. The summed E-state index contributed by atoms with van der Waals surface area (Å²) in [6.07, 6.45) is 1.72. The lowest BCUT2D eigenvalue weighted by Gasteiger charge is -2.21. The Kier molecular flexibility index (Phi) is 3.60. The van der Waals surface area contributed by atoms with Crippen LogP contribution < -0.4 is 10.6 Å². The van der Waals surface area contributed by atoms with Gasteiger partial charge < -0.3 is 15.1 Å². The van der Waals surface area contributed by atoms with E-state index < -0.39 is 0 Å². The van der Waals surface area contributed by atoms with E-state index in [1.165, 1.54) is 0 Å². The van der Waals surface area contributed by atoms with Crippen molar-refractivity contribution in [2.45, 2.75) is 26.2 Å². The van der Waals surface area contributed by atoms with Crippen LogP contribution in [0.5, 0.6) is 0 Å². The molecule has 1 fully saturated rings. The van der Waals surface area contributed by atoms with E-state index in [1.54, 1.807) is 18.2 Å². The number of hydrogen-bond acceptors (Lipinski definition) is 4. The number of anilines is 1. The number of amides is 2. The number of aryl methyl sites for hydroxylation is 1. The number of carbonyl (C=O) groups is 2. The number of carbonyl (C=O) groups excluding carboxylic acids is 2. The van der Waals surface area contributed by atoms with Crippen molar-refractivity contribution < 1.29 is 14.0 Å². The first-order valence-electron chi connectivity index (χ1n) is 7.12. The van der Waals surface area contributed by atoms with Crippen LogP contribution in [0.2, 0.25) is 0 Å². The van der Waals surface area contributed by atoms with Crippen LogP contribution in [0.1, 0.15) is 25.7 Å². The van der Waals surface area contributed by atoms with Gasteiger partial charge in [0.1, 0.15) is 5.52 Å². The predicted molar refractivity (Wildman–Crippen MR) is 77.8 cm³/mol. The Hall–Kier alpha value is -2.37. The second-order valence-electron chi connectivity index (χ2n) is 5.17. The normalized spacial score (nSPS) is 18.5. The minimum Gasteiger partial charge on any atom is -0.441 e. The first-order valence-corrected chi connectivity index (χ1v) is 7.12. The fourth-order valence-electron chi connectivity index (χ4n) is 2.41. The third-order valence-corrected chi connectivity index (χ3v) is 3.64. The Labute approximate surface area is 121 Å². The number of nitrogens with one attached hydrogen (secondary N) is 2.